The fourth-order valence-electron chi connectivity index (χ4n) is 2.79. The molecule has 2 N–H and O–H groups in total. The molecule has 0 radical (unpaired) electrons. The van der Waals surface area contributed by atoms with E-state index in [1.54, 1.807) is 6.20 Å². The third kappa shape index (κ3) is 3.92. The lowest BCUT2D eigenvalue weighted by atomic mass is 9.84. The summed E-state index contributed by atoms with van der Waals surface area (Å²) < 4.78 is 0. The second kappa shape index (κ2) is 7.22. The fraction of sp³-hybridized carbons (Fsp3) is 0.667. The van der Waals surface area contributed by atoms with Gasteiger partial charge in [-0.1, -0.05) is 26.2 Å². The van der Waals surface area contributed by atoms with Crippen LogP contribution in [-0.2, 0) is 0 Å². The van der Waals surface area contributed by atoms with Crippen LogP contribution in [0.4, 0.5) is 5.82 Å². The van der Waals surface area contributed by atoms with Crippen molar-refractivity contribution in [2.45, 2.75) is 52.0 Å². The van der Waals surface area contributed by atoms with Crippen molar-refractivity contribution in [2.24, 2.45) is 5.92 Å². The summed E-state index contributed by atoms with van der Waals surface area (Å²) >= 11 is 0. The van der Waals surface area contributed by atoms with Crippen molar-refractivity contribution in [2.75, 3.05) is 11.9 Å². The highest BCUT2D eigenvalue weighted by Gasteiger charge is 2.23. The minimum Gasteiger partial charge on any atom is -0.369 e. The zero-order chi connectivity index (χ0) is 14.4. The summed E-state index contributed by atoms with van der Waals surface area (Å²) in [6.45, 7) is 4.97. The van der Waals surface area contributed by atoms with Gasteiger partial charge >= 0.3 is 0 Å². The van der Waals surface area contributed by atoms with Gasteiger partial charge in [0.15, 0.2) is 0 Å². The largest absolute Gasteiger partial charge is 0.369 e. The molecule has 1 aliphatic rings. The molecule has 1 aromatic heterocycles. The molecule has 2 unspecified atom stereocenters. The minimum atomic E-state index is -0.112. The molecule has 0 aliphatic heterocycles. The van der Waals surface area contributed by atoms with Gasteiger partial charge in [0.2, 0.25) is 0 Å². The van der Waals surface area contributed by atoms with Gasteiger partial charge in [0.1, 0.15) is 11.5 Å². The number of hydrogen-bond donors (Lipinski definition) is 2. The highest BCUT2D eigenvalue weighted by molar-refractivity contribution is 5.92. The molecule has 1 fully saturated rings. The number of anilines is 1. The maximum absolute atomic E-state index is 12.2. The first-order valence-electron chi connectivity index (χ1n) is 7.59. The molecule has 2 atom stereocenters. The Kier molecular flexibility index (Phi) is 5.32. The van der Waals surface area contributed by atoms with Gasteiger partial charge in [-0.3, -0.25) is 9.78 Å². The third-order valence-corrected chi connectivity index (χ3v) is 3.92. The van der Waals surface area contributed by atoms with E-state index in [2.05, 4.69) is 27.5 Å². The van der Waals surface area contributed by atoms with Crippen molar-refractivity contribution >= 4 is 11.7 Å². The van der Waals surface area contributed by atoms with Gasteiger partial charge in [-0.25, -0.2) is 4.98 Å². The van der Waals surface area contributed by atoms with Crippen LogP contribution in [0.2, 0.25) is 0 Å². The Hall–Kier alpha value is -1.65. The van der Waals surface area contributed by atoms with Crippen LogP contribution in [0.15, 0.2) is 12.4 Å². The Morgan fingerprint density at radius 3 is 2.95 bits per heavy atom. The van der Waals surface area contributed by atoms with E-state index >= 15 is 0 Å². The van der Waals surface area contributed by atoms with Crippen molar-refractivity contribution in [3.05, 3.63) is 18.1 Å². The number of carbonyl (C=O) groups is 1. The molecule has 1 aromatic rings. The van der Waals surface area contributed by atoms with Crippen molar-refractivity contribution in [3.63, 3.8) is 0 Å². The van der Waals surface area contributed by atoms with Gasteiger partial charge in [0.25, 0.3) is 5.91 Å². The maximum Gasteiger partial charge on any atom is 0.271 e. The topological polar surface area (TPSA) is 66.9 Å². The van der Waals surface area contributed by atoms with Gasteiger partial charge in [-0.2, -0.15) is 0 Å². The van der Waals surface area contributed by atoms with E-state index < -0.39 is 0 Å². The number of aromatic nitrogens is 2. The highest BCUT2D eigenvalue weighted by Crippen LogP contribution is 2.26. The summed E-state index contributed by atoms with van der Waals surface area (Å²) in [5.41, 5.74) is 0.391. The summed E-state index contributed by atoms with van der Waals surface area (Å²) in [5, 5.41) is 6.17. The first kappa shape index (κ1) is 14.8. The Morgan fingerprint density at radius 1 is 1.35 bits per heavy atom. The molecule has 1 amide bonds. The molecule has 1 saturated carbocycles. The second-order valence-corrected chi connectivity index (χ2v) is 5.43. The summed E-state index contributed by atoms with van der Waals surface area (Å²) in [4.78, 5) is 20.6. The van der Waals surface area contributed by atoms with Crippen LogP contribution in [0.1, 0.15) is 56.4 Å². The lowest BCUT2D eigenvalue weighted by Gasteiger charge is -2.28. The van der Waals surface area contributed by atoms with Crippen molar-refractivity contribution in [1.29, 1.82) is 0 Å². The molecule has 1 heterocycles. The van der Waals surface area contributed by atoms with Crippen LogP contribution < -0.4 is 10.6 Å². The van der Waals surface area contributed by atoms with Crippen LogP contribution in [0.25, 0.3) is 0 Å². The van der Waals surface area contributed by atoms with Crippen LogP contribution in [0.3, 0.4) is 0 Å². The smallest absolute Gasteiger partial charge is 0.271 e. The highest BCUT2D eigenvalue weighted by atomic mass is 16.1. The molecule has 0 saturated heterocycles. The Morgan fingerprint density at radius 2 is 2.20 bits per heavy atom. The van der Waals surface area contributed by atoms with E-state index in [1.807, 2.05) is 6.92 Å². The minimum absolute atomic E-state index is 0.112. The molecule has 0 aromatic carbocycles. The first-order valence-corrected chi connectivity index (χ1v) is 7.59. The monoisotopic (exact) mass is 276 g/mol. The SMILES string of the molecule is CCNc1cncc(C(=O)NC2CCCC(CC)C2)n1. The maximum atomic E-state index is 12.2. The summed E-state index contributed by atoms with van der Waals surface area (Å²) in [5.74, 6) is 1.28. The summed E-state index contributed by atoms with van der Waals surface area (Å²) in [7, 11) is 0. The zero-order valence-corrected chi connectivity index (χ0v) is 12.4. The molecular weight excluding hydrogens is 252 g/mol. The normalized spacial score (nSPS) is 22.3. The van der Waals surface area contributed by atoms with Crippen LogP contribution in [-0.4, -0.2) is 28.5 Å². The number of hydrogen-bond acceptors (Lipinski definition) is 4. The fourth-order valence-corrected chi connectivity index (χ4v) is 2.79. The Bertz CT molecular complexity index is 449. The predicted molar refractivity (Wildman–Crippen MR) is 79.7 cm³/mol. The standard InChI is InChI=1S/C15H24N4O/c1-3-11-6-5-7-12(8-11)18-15(20)13-9-16-10-14(19-13)17-4-2/h9-12H,3-8H2,1-2H3,(H,17,19)(H,18,20). The van der Waals surface area contributed by atoms with E-state index in [1.165, 1.54) is 25.5 Å². The quantitative estimate of drug-likeness (QED) is 0.867. The van der Waals surface area contributed by atoms with Gasteiger partial charge < -0.3 is 10.6 Å². The van der Waals surface area contributed by atoms with E-state index in [4.69, 9.17) is 0 Å². The molecule has 5 heteroatoms. The number of nitrogens with one attached hydrogen (secondary N) is 2. The van der Waals surface area contributed by atoms with E-state index in [9.17, 15) is 4.79 Å². The average Bonchev–Trinajstić information content (AvgIpc) is 2.48. The number of carbonyl (C=O) groups excluding carboxylic acids is 1. The summed E-state index contributed by atoms with van der Waals surface area (Å²) in [6, 6.07) is 0.283. The van der Waals surface area contributed by atoms with E-state index in [0.717, 1.165) is 25.3 Å². The second-order valence-electron chi connectivity index (χ2n) is 5.43. The average molecular weight is 276 g/mol. The molecule has 110 valence electrons. The predicted octanol–water partition coefficient (Wildman–Crippen LogP) is 2.61. The third-order valence-electron chi connectivity index (χ3n) is 3.92. The Labute approximate surface area is 120 Å². The molecule has 0 spiro atoms. The van der Waals surface area contributed by atoms with E-state index in [0.29, 0.717) is 11.5 Å². The number of rotatable bonds is 5. The van der Waals surface area contributed by atoms with E-state index in [-0.39, 0.29) is 11.9 Å². The van der Waals surface area contributed by atoms with Crippen LogP contribution in [0.5, 0.6) is 0 Å². The lowest BCUT2D eigenvalue weighted by molar-refractivity contribution is 0.0913. The van der Waals surface area contributed by atoms with Gasteiger partial charge in [-0.05, 0) is 25.7 Å². The van der Waals surface area contributed by atoms with Gasteiger partial charge in [0, 0.05) is 12.6 Å². The number of amides is 1. The molecule has 1 aliphatic carbocycles. The van der Waals surface area contributed by atoms with Crippen molar-refractivity contribution in [1.82, 2.24) is 15.3 Å². The number of nitrogens with zero attached hydrogens (tertiary/aromatic N) is 2. The first-order chi connectivity index (χ1) is 9.72. The van der Waals surface area contributed by atoms with Crippen molar-refractivity contribution in [3.8, 4) is 0 Å². The van der Waals surface area contributed by atoms with Gasteiger partial charge in [0.05, 0.1) is 12.4 Å². The van der Waals surface area contributed by atoms with Crippen LogP contribution in [0, 0.1) is 5.92 Å². The van der Waals surface area contributed by atoms with Gasteiger partial charge in [-0.15, -0.1) is 0 Å². The molecule has 2 rings (SSSR count). The zero-order valence-electron chi connectivity index (χ0n) is 12.4. The molecular formula is C15H24N4O. The lowest BCUT2D eigenvalue weighted by Crippen LogP contribution is -2.38. The molecule has 0 bridgehead atoms. The van der Waals surface area contributed by atoms with Crippen molar-refractivity contribution < 1.29 is 4.79 Å². The van der Waals surface area contributed by atoms with Crippen LogP contribution >= 0.6 is 0 Å². The molecule has 20 heavy (non-hydrogen) atoms. The molecule has 5 nitrogen and oxygen atoms in total. The Balaban J connectivity index is 1.95. The summed E-state index contributed by atoms with van der Waals surface area (Å²) in [6.07, 6.45) is 9.00.